The molecule has 2 aromatic rings. The Morgan fingerprint density at radius 2 is 2.28 bits per heavy atom. The summed E-state index contributed by atoms with van der Waals surface area (Å²) in [5.74, 6) is 0.486. The number of nitrogens with two attached hydrogens (primary N) is 1. The van der Waals surface area contributed by atoms with E-state index in [0.29, 0.717) is 18.0 Å². The number of ether oxygens (including phenoxy) is 1. The number of aromatic nitrogens is 2. The van der Waals surface area contributed by atoms with Crippen molar-refractivity contribution >= 4 is 0 Å². The van der Waals surface area contributed by atoms with Gasteiger partial charge in [-0.3, -0.25) is 0 Å². The summed E-state index contributed by atoms with van der Waals surface area (Å²) >= 11 is 0. The summed E-state index contributed by atoms with van der Waals surface area (Å²) in [6.07, 6.45) is 1.81. The minimum absolute atomic E-state index is 0.0307. The van der Waals surface area contributed by atoms with Gasteiger partial charge in [-0.15, -0.1) is 0 Å². The molecule has 0 aliphatic carbocycles. The molecule has 0 spiro atoms. The number of benzene rings is 1. The molecule has 5 nitrogen and oxygen atoms in total. The standard InChI is InChI=1S/C12H14FN3O2/c1-8(14)2-9-3-10(13)5-11(4-9)17-6-12-15-7-18-16-12/h3-5,7-8H,2,6,14H2,1H3. The van der Waals surface area contributed by atoms with Crippen molar-refractivity contribution in [2.24, 2.45) is 5.73 Å². The molecule has 0 fully saturated rings. The minimum atomic E-state index is -0.351. The lowest BCUT2D eigenvalue weighted by atomic mass is 10.1. The van der Waals surface area contributed by atoms with Crippen LogP contribution >= 0.6 is 0 Å². The van der Waals surface area contributed by atoms with Crippen LogP contribution in [0.3, 0.4) is 0 Å². The van der Waals surface area contributed by atoms with Gasteiger partial charge in [0.15, 0.2) is 6.61 Å². The van der Waals surface area contributed by atoms with Gasteiger partial charge in [-0.25, -0.2) is 4.39 Å². The Balaban J connectivity index is 2.05. The summed E-state index contributed by atoms with van der Waals surface area (Å²) < 4.78 is 23.3. The van der Waals surface area contributed by atoms with Crippen molar-refractivity contribution < 1.29 is 13.7 Å². The smallest absolute Gasteiger partial charge is 0.213 e. The summed E-state index contributed by atoms with van der Waals surface area (Å²) in [5.41, 5.74) is 6.48. The molecule has 1 unspecified atom stereocenters. The van der Waals surface area contributed by atoms with Crippen LogP contribution in [0.2, 0.25) is 0 Å². The zero-order valence-corrected chi connectivity index (χ0v) is 9.97. The summed E-state index contributed by atoms with van der Waals surface area (Å²) in [4.78, 5) is 3.81. The van der Waals surface area contributed by atoms with Crippen molar-refractivity contribution in [2.45, 2.75) is 26.0 Å². The van der Waals surface area contributed by atoms with Gasteiger partial charge in [0.25, 0.3) is 0 Å². The van der Waals surface area contributed by atoms with Crippen molar-refractivity contribution in [1.29, 1.82) is 0 Å². The second kappa shape index (κ2) is 5.59. The van der Waals surface area contributed by atoms with Crippen LogP contribution in [-0.4, -0.2) is 16.2 Å². The molecule has 0 saturated heterocycles. The average molecular weight is 251 g/mol. The van der Waals surface area contributed by atoms with Gasteiger partial charge in [-0.2, -0.15) is 4.98 Å². The van der Waals surface area contributed by atoms with E-state index in [1.165, 1.54) is 18.5 Å². The van der Waals surface area contributed by atoms with Gasteiger partial charge in [0, 0.05) is 12.1 Å². The highest BCUT2D eigenvalue weighted by Gasteiger charge is 2.06. The number of nitrogens with zero attached hydrogens (tertiary/aromatic N) is 2. The quantitative estimate of drug-likeness (QED) is 0.875. The van der Waals surface area contributed by atoms with Crippen LogP contribution in [-0.2, 0) is 13.0 Å². The topological polar surface area (TPSA) is 74.2 Å². The van der Waals surface area contributed by atoms with Crippen LogP contribution < -0.4 is 10.5 Å². The van der Waals surface area contributed by atoms with Crippen LogP contribution in [0.4, 0.5) is 4.39 Å². The van der Waals surface area contributed by atoms with Gasteiger partial charge >= 0.3 is 0 Å². The molecule has 1 atom stereocenters. The second-order valence-electron chi connectivity index (χ2n) is 4.11. The first-order chi connectivity index (χ1) is 8.63. The zero-order chi connectivity index (χ0) is 13.0. The van der Waals surface area contributed by atoms with Crippen LogP contribution in [0.5, 0.6) is 5.75 Å². The molecule has 1 aromatic carbocycles. The van der Waals surface area contributed by atoms with Gasteiger partial charge in [0.1, 0.15) is 11.6 Å². The maximum atomic E-state index is 13.4. The highest BCUT2D eigenvalue weighted by molar-refractivity contribution is 5.30. The van der Waals surface area contributed by atoms with E-state index in [0.717, 1.165) is 5.56 Å². The van der Waals surface area contributed by atoms with E-state index in [-0.39, 0.29) is 18.5 Å². The summed E-state index contributed by atoms with van der Waals surface area (Å²) in [6, 6.07) is 4.49. The van der Waals surface area contributed by atoms with E-state index >= 15 is 0 Å². The van der Waals surface area contributed by atoms with Gasteiger partial charge in [0.2, 0.25) is 12.2 Å². The Morgan fingerprint density at radius 3 is 2.94 bits per heavy atom. The first kappa shape index (κ1) is 12.5. The normalized spacial score (nSPS) is 12.4. The van der Waals surface area contributed by atoms with Crippen molar-refractivity contribution in [3.8, 4) is 5.75 Å². The van der Waals surface area contributed by atoms with Crippen molar-refractivity contribution in [3.63, 3.8) is 0 Å². The molecular formula is C12H14FN3O2. The maximum Gasteiger partial charge on any atom is 0.213 e. The molecule has 1 aromatic heterocycles. The van der Waals surface area contributed by atoms with E-state index in [2.05, 4.69) is 14.7 Å². The van der Waals surface area contributed by atoms with E-state index in [1.807, 2.05) is 6.92 Å². The molecule has 18 heavy (non-hydrogen) atoms. The monoisotopic (exact) mass is 251 g/mol. The minimum Gasteiger partial charge on any atom is -0.485 e. The van der Waals surface area contributed by atoms with Gasteiger partial charge in [-0.05, 0) is 31.0 Å². The SMILES string of the molecule is CC(N)Cc1cc(F)cc(OCc2ncon2)c1. The van der Waals surface area contributed by atoms with Crippen molar-refractivity contribution in [3.05, 3.63) is 41.8 Å². The van der Waals surface area contributed by atoms with E-state index in [1.54, 1.807) is 6.07 Å². The van der Waals surface area contributed by atoms with Crippen LogP contribution in [0.15, 0.2) is 29.1 Å². The maximum absolute atomic E-state index is 13.4. The highest BCUT2D eigenvalue weighted by atomic mass is 19.1. The Morgan fingerprint density at radius 1 is 1.44 bits per heavy atom. The first-order valence-corrected chi connectivity index (χ1v) is 5.56. The van der Waals surface area contributed by atoms with Gasteiger partial charge < -0.3 is 15.0 Å². The molecule has 0 radical (unpaired) electrons. The number of hydrogen-bond acceptors (Lipinski definition) is 5. The van der Waals surface area contributed by atoms with E-state index in [4.69, 9.17) is 10.5 Å². The lowest BCUT2D eigenvalue weighted by Crippen LogP contribution is -2.17. The number of halogens is 1. The van der Waals surface area contributed by atoms with Crippen LogP contribution in [0.25, 0.3) is 0 Å². The summed E-state index contributed by atoms with van der Waals surface area (Å²) in [7, 11) is 0. The third-order valence-electron chi connectivity index (χ3n) is 2.26. The van der Waals surface area contributed by atoms with E-state index in [9.17, 15) is 4.39 Å². The molecule has 0 saturated carbocycles. The fourth-order valence-corrected chi connectivity index (χ4v) is 1.60. The lowest BCUT2D eigenvalue weighted by Gasteiger charge is -2.09. The predicted octanol–water partition coefficient (Wildman–Crippen LogP) is 1.68. The largest absolute Gasteiger partial charge is 0.485 e. The molecule has 0 bridgehead atoms. The van der Waals surface area contributed by atoms with Crippen molar-refractivity contribution in [1.82, 2.24) is 10.1 Å². The van der Waals surface area contributed by atoms with E-state index < -0.39 is 0 Å². The highest BCUT2D eigenvalue weighted by Crippen LogP contribution is 2.18. The molecule has 6 heteroatoms. The third-order valence-corrected chi connectivity index (χ3v) is 2.26. The Bertz CT molecular complexity index is 500. The summed E-state index contributed by atoms with van der Waals surface area (Å²) in [5, 5.41) is 3.60. The molecule has 2 N–H and O–H groups in total. The Kier molecular flexibility index (Phi) is 3.88. The van der Waals surface area contributed by atoms with Gasteiger partial charge in [-0.1, -0.05) is 5.16 Å². The lowest BCUT2D eigenvalue weighted by molar-refractivity contribution is 0.285. The third kappa shape index (κ3) is 3.53. The second-order valence-corrected chi connectivity index (χ2v) is 4.11. The molecule has 1 heterocycles. The first-order valence-electron chi connectivity index (χ1n) is 5.56. The Labute approximate surface area is 104 Å². The Hall–Kier alpha value is -1.95. The molecule has 0 aliphatic rings. The summed E-state index contributed by atoms with van der Waals surface area (Å²) in [6.45, 7) is 2.00. The number of rotatable bonds is 5. The zero-order valence-electron chi connectivity index (χ0n) is 9.97. The molecule has 0 aliphatic heterocycles. The molecule has 0 amide bonds. The van der Waals surface area contributed by atoms with Crippen LogP contribution in [0.1, 0.15) is 18.3 Å². The van der Waals surface area contributed by atoms with Crippen LogP contribution in [0, 0.1) is 5.82 Å². The van der Waals surface area contributed by atoms with Crippen molar-refractivity contribution in [2.75, 3.05) is 0 Å². The fourth-order valence-electron chi connectivity index (χ4n) is 1.60. The van der Waals surface area contributed by atoms with Gasteiger partial charge in [0.05, 0.1) is 0 Å². The predicted molar refractivity (Wildman–Crippen MR) is 62.4 cm³/mol. The molecule has 2 rings (SSSR count). The molecule has 96 valence electrons. The number of hydrogen-bond donors (Lipinski definition) is 1. The molecular weight excluding hydrogens is 237 g/mol. The average Bonchev–Trinajstić information content (AvgIpc) is 2.77. The fraction of sp³-hybridized carbons (Fsp3) is 0.333.